The smallest absolute Gasteiger partial charge is 0.0471 e. The Morgan fingerprint density at radius 2 is 1.95 bits per heavy atom. The summed E-state index contributed by atoms with van der Waals surface area (Å²) in [5.74, 6) is 0.660. The Kier molecular flexibility index (Phi) is 5.21. The lowest BCUT2D eigenvalue weighted by Gasteiger charge is -2.30. The first-order valence-corrected chi connectivity index (χ1v) is 8.45. The first kappa shape index (κ1) is 16.6. The summed E-state index contributed by atoms with van der Waals surface area (Å²) >= 11 is 6.50. The molecule has 0 aliphatic heterocycles. The van der Waals surface area contributed by atoms with Crippen molar-refractivity contribution < 1.29 is 0 Å². The standard InChI is InChI=1S/C18H29ClN2/c1-13(2)12-21(14-9-10-14)17-8-6-7-16(19)15(17)11-20-18(3,4)5/h6-8,13-14,20H,9-12H2,1-5H3. The second kappa shape index (κ2) is 6.58. The van der Waals surface area contributed by atoms with E-state index in [0.29, 0.717) is 12.0 Å². The van der Waals surface area contributed by atoms with Crippen molar-refractivity contribution >= 4 is 17.3 Å². The zero-order chi connectivity index (χ0) is 15.6. The normalized spacial score (nSPS) is 15.6. The molecule has 118 valence electrons. The number of hydrogen-bond donors (Lipinski definition) is 1. The van der Waals surface area contributed by atoms with E-state index in [-0.39, 0.29) is 5.54 Å². The number of halogens is 1. The summed E-state index contributed by atoms with van der Waals surface area (Å²) in [5, 5.41) is 4.45. The molecule has 21 heavy (non-hydrogen) atoms. The summed E-state index contributed by atoms with van der Waals surface area (Å²) < 4.78 is 0. The van der Waals surface area contributed by atoms with Gasteiger partial charge in [0.25, 0.3) is 0 Å². The molecule has 0 bridgehead atoms. The minimum Gasteiger partial charge on any atom is -0.368 e. The number of anilines is 1. The predicted octanol–water partition coefficient (Wildman–Crippen LogP) is 4.85. The Bertz CT molecular complexity index is 473. The molecule has 1 aromatic rings. The zero-order valence-corrected chi connectivity index (χ0v) is 14.8. The van der Waals surface area contributed by atoms with Gasteiger partial charge in [0.1, 0.15) is 0 Å². The van der Waals surface area contributed by atoms with E-state index in [1.165, 1.54) is 24.1 Å². The molecule has 1 N–H and O–H groups in total. The van der Waals surface area contributed by atoms with Crippen molar-refractivity contribution in [1.29, 1.82) is 0 Å². The summed E-state index contributed by atoms with van der Waals surface area (Å²) in [6, 6.07) is 7.02. The van der Waals surface area contributed by atoms with E-state index in [1.807, 2.05) is 6.07 Å². The van der Waals surface area contributed by atoms with Crippen LogP contribution in [0.25, 0.3) is 0 Å². The monoisotopic (exact) mass is 308 g/mol. The molecule has 0 saturated heterocycles. The molecule has 1 aliphatic carbocycles. The first-order valence-electron chi connectivity index (χ1n) is 8.07. The molecule has 1 fully saturated rings. The third-order valence-electron chi connectivity index (χ3n) is 3.75. The molecular formula is C18H29ClN2. The molecule has 0 radical (unpaired) electrons. The van der Waals surface area contributed by atoms with E-state index in [4.69, 9.17) is 11.6 Å². The lowest BCUT2D eigenvalue weighted by atomic mass is 10.1. The first-order chi connectivity index (χ1) is 9.78. The van der Waals surface area contributed by atoms with Gasteiger partial charge in [-0.1, -0.05) is 31.5 Å². The van der Waals surface area contributed by atoms with E-state index in [9.17, 15) is 0 Å². The van der Waals surface area contributed by atoms with Gasteiger partial charge < -0.3 is 10.2 Å². The summed E-state index contributed by atoms with van der Waals surface area (Å²) in [6.45, 7) is 13.1. The number of benzene rings is 1. The molecule has 2 nitrogen and oxygen atoms in total. The van der Waals surface area contributed by atoms with Crippen molar-refractivity contribution in [3.8, 4) is 0 Å². The van der Waals surface area contributed by atoms with E-state index in [2.05, 4.69) is 57.0 Å². The molecular weight excluding hydrogens is 280 g/mol. The van der Waals surface area contributed by atoms with Crippen molar-refractivity contribution in [3.63, 3.8) is 0 Å². The highest BCUT2D eigenvalue weighted by molar-refractivity contribution is 6.31. The topological polar surface area (TPSA) is 15.3 Å². The van der Waals surface area contributed by atoms with Crippen LogP contribution in [0.5, 0.6) is 0 Å². The number of hydrogen-bond acceptors (Lipinski definition) is 2. The maximum absolute atomic E-state index is 6.50. The van der Waals surface area contributed by atoms with Crippen LogP contribution in [0, 0.1) is 5.92 Å². The van der Waals surface area contributed by atoms with Crippen LogP contribution in [0.2, 0.25) is 5.02 Å². The average molecular weight is 309 g/mol. The van der Waals surface area contributed by atoms with Crippen molar-refractivity contribution in [1.82, 2.24) is 5.32 Å². The fourth-order valence-electron chi connectivity index (χ4n) is 2.57. The van der Waals surface area contributed by atoms with Crippen LogP contribution in [-0.4, -0.2) is 18.1 Å². The molecule has 0 unspecified atom stereocenters. The minimum atomic E-state index is 0.0961. The highest BCUT2D eigenvalue weighted by atomic mass is 35.5. The molecule has 0 atom stereocenters. The maximum Gasteiger partial charge on any atom is 0.0471 e. The fraction of sp³-hybridized carbons (Fsp3) is 0.667. The molecule has 2 rings (SSSR count). The lowest BCUT2D eigenvalue weighted by Crippen LogP contribution is -2.36. The second-order valence-electron chi connectivity index (χ2n) is 7.62. The van der Waals surface area contributed by atoms with E-state index in [0.717, 1.165) is 18.1 Å². The fourth-order valence-corrected chi connectivity index (χ4v) is 2.80. The van der Waals surface area contributed by atoms with Gasteiger partial charge in [-0.2, -0.15) is 0 Å². The van der Waals surface area contributed by atoms with Gasteiger partial charge in [-0.15, -0.1) is 0 Å². The summed E-state index contributed by atoms with van der Waals surface area (Å²) in [4.78, 5) is 2.57. The third kappa shape index (κ3) is 4.89. The molecule has 0 aromatic heterocycles. The Morgan fingerprint density at radius 3 is 2.48 bits per heavy atom. The van der Waals surface area contributed by atoms with Gasteiger partial charge in [0, 0.05) is 40.9 Å². The van der Waals surface area contributed by atoms with Gasteiger partial charge in [0.15, 0.2) is 0 Å². The molecule has 1 aliphatic rings. The Labute approximate surface area is 134 Å². The van der Waals surface area contributed by atoms with Crippen LogP contribution in [0.15, 0.2) is 18.2 Å². The molecule has 0 spiro atoms. The Morgan fingerprint density at radius 1 is 1.29 bits per heavy atom. The van der Waals surface area contributed by atoms with E-state index < -0.39 is 0 Å². The maximum atomic E-state index is 6.50. The second-order valence-corrected chi connectivity index (χ2v) is 8.03. The van der Waals surface area contributed by atoms with Gasteiger partial charge in [0.2, 0.25) is 0 Å². The SMILES string of the molecule is CC(C)CN(c1cccc(Cl)c1CNC(C)(C)C)C1CC1. The van der Waals surface area contributed by atoms with Crippen LogP contribution in [0.3, 0.4) is 0 Å². The molecule has 0 heterocycles. The number of nitrogens with zero attached hydrogens (tertiary/aromatic N) is 1. The minimum absolute atomic E-state index is 0.0961. The van der Waals surface area contributed by atoms with Gasteiger partial charge in [-0.05, 0) is 51.7 Å². The number of rotatable bonds is 6. The van der Waals surface area contributed by atoms with E-state index in [1.54, 1.807) is 0 Å². The van der Waals surface area contributed by atoms with Crippen molar-refractivity contribution in [3.05, 3.63) is 28.8 Å². The van der Waals surface area contributed by atoms with Gasteiger partial charge in [-0.25, -0.2) is 0 Å². The van der Waals surface area contributed by atoms with Crippen molar-refractivity contribution in [2.24, 2.45) is 5.92 Å². The van der Waals surface area contributed by atoms with Crippen LogP contribution in [0.4, 0.5) is 5.69 Å². The van der Waals surface area contributed by atoms with Gasteiger partial charge in [-0.3, -0.25) is 0 Å². The average Bonchev–Trinajstić information content (AvgIpc) is 3.17. The van der Waals surface area contributed by atoms with Crippen molar-refractivity contribution in [2.75, 3.05) is 11.4 Å². The molecule has 1 aromatic carbocycles. The van der Waals surface area contributed by atoms with E-state index >= 15 is 0 Å². The molecule has 1 saturated carbocycles. The van der Waals surface area contributed by atoms with Crippen LogP contribution in [0.1, 0.15) is 53.0 Å². The summed E-state index contributed by atoms with van der Waals surface area (Å²) in [6.07, 6.45) is 2.62. The van der Waals surface area contributed by atoms with Crippen LogP contribution < -0.4 is 10.2 Å². The molecule has 3 heteroatoms. The van der Waals surface area contributed by atoms with Gasteiger partial charge in [0.05, 0.1) is 0 Å². The summed E-state index contributed by atoms with van der Waals surface area (Å²) in [5.41, 5.74) is 2.65. The van der Waals surface area contributed by atoms with Crippen molar-refractivity contribution in [2.45, 2.75) is 65.6 Å². The molecule has 0 amide bonds. The Balaban J connectivity index is 2.26. The largest absolute Gasteiger partial charge is 0.368 e. The van der Waals surface area contributed by atoms with Gasteiger partial charge >= 0.3 is 0 Å². The predicted molar refractivity (Wildman–Crippen MR) is 93.3 cm³/mol. The highest BCUT2D eigenvalue weighted by Crippen LogP contribution is 2.36. The number of nitrogens with one attached hydrogen (secondary N) is 1. The third-order valence-corrected chi connectivity index (χ3v) is 4.10. The zero-order valence-electron chi connectivity index (χ0n) is 14.0. The highest BCUT2D eigenvalue weighted by Gasteiger charge is 2.31. The Hall–Kier alpha value is -0.730. The summed E-state index contributed by atoms with van der Waals surface area (Å²) in [7, 11) is 0. The quantitative estimate of drug-likeness (QED) is 0.808. The van der Waals surface area contributed by atoms with Crippen LogP contribution in [-0.2, 0) is 6.54 Å². The van der Waals surface area contributed by atoms with Crippen LogP contribution >= 0.6 is 11.6 Å². The lowest BCUT2D eigenvalue weighted by molar-refractivity contribution is 0.424.